The normalized spacial score (nSPS) is 13.1. The summed E-state index contributed by atoms with van der Waals surface area (Å²) >= 11 is 19.1. The number of hydrogen-bond acceptors (Lipinski definition) is 5. The van der Waals surface area contributed by atoms with Crippen LogP contribution in [0.3, 0.4) is 0 Å². The van der Waals surface area contributed by atoms with E-state index in [1.807, 2.05) is 6.92 Å². The number of esters is 1. The van der Waals surface area contributed by atoms with E-state index in [-0.39, 0.29) is 38.1 Å². The van der Waals surface area contributed by atoms with Crippen molar-refractivity contribution in [3.05, 3.63) is 43.2 Å². The maximum absolute atomic E-state index is 12.6. The molecule has 0 atom stereocenters. The van der Waals surface area contributed by atoms with Crippen molar-refractivity contribution in [3.8, 4) is 0 Å². The van der Waals surface area contributed by atoms with Gasteiger partial charge in [0.2, 0.25) is 5.91 Å². The molecule has 1 fully saturated rings. The largest absolute Gasteiger partial charge is 0.452 e. The predicted octanol–water partition coefficient (Wildman–Crippen LogP) is 5.47. The third-order valence-electron chi connectivity index (χ3n) is 4.39. The van der Waals surface area contributed by atoms with Crippen molar-refractivity contribution >= 4 is 74.6 Å². The second-order valence-corrected chi connectivity index (χ2v) is 9.07. The number of amides is 2. The first-order valence-corrected chi connectivity index (χ1v) is 10.6. The van der Waals surface area contributed by atoms with E-state index < -0.39 is 18.5 Å². The smallest absolute Gasteiger partial charge is 0.341 e. The minimum Gasteiger partial charge on any atom is -0.452 e. The zero-order valence-electron chi connectivity index (χ0n) is 15.5. The highest BCUT2D eigenvalue weighted by Gasteiger charge is 2.31. The number of carbonyl (C=O) groups is 3. The molecule has 1 aromatic carbocycles. The average molecular weight is 476 g/mol. The first-order chi connectivity index (χ1) is 13.7. The van der Waals surface area contributed by atoms with Gasteiger partial charge in [-0.15, -0.1) is 11.3 Å². The van der Waals surface area contributed by atoms with Gasteiger partial charge in [-0.1, -0.05) is 34.8 Å². The summed E-state index contributed by atoms with van der Waals surface area (Å²) in [6.07, 6.45) is 1.71. The van der Waals surface area contributed by atoms with Crippen LogP contribution in [-0.4, -0.2) is 24.4 Å². The maximum atomic E-state index is 12.6. The van der Waals surface area contributed by atoms with Gasteiger partial charge in [-0.25, -0.2) is 4.79 Å². The van der Waals surface area contributed by atoms with E-state index in [1.165, 1.54) is 23.5 Å². The lowest BCUT2D eigenvalue weighted by atomic mass is 10.1. The van der Waals surface area contributed by atoms with Gasteiger partial charge < -0.3 is 15.4 Å². The van der Waals surface area contributed by atoms with Crippen LogP contribution >= 0.6 is 46.1 Å². The Hall–Kier alpha value is -1.80. The molecule has 3 rings (SSSR count). The number of rotatable bonds is 6. The van der Waals surface area contributed by atoms with Crippen LogP contribution in [0, 0.1) is 19.8 Å². The van der Waals surface area contributed by atoms with Crippen LogP contribution in [0.2, 0.25) is 15.1 Å². The van der Waals surface area contributed by atoms with Gasteiger partial charge >= 0.3 is 5.97 Å². The van der Waals surface area contributed by atoms with Crippen LogP contribution in [0.5, 0.6) is 0 Å². The number of carbonyl (C=O) groups excluding carboxylic acids is 3. The molecule has 10 heteroatoms. The molecule has 1 aromatic heterocycles. The van der Waals surface area contributed by atoms with Crippen LogP contribution < -0.4 is 10.6 Å². The number of benzene rings is 1. The van der Waals surface area contributed by atoms with Gasteiger partial charge in [-0.3, -0.25) is 9.59 Å². The minimum absolute atomic E-state index is 0.00306. The van der Waals surface area contributed by atoms with Gasteiger partial charge in [-0.2, -0.15) is 0 Å². The third kappa shape index (κ3) is 5.22. The topological polar surface area (TPSA) is 84.5 Å². The Kier molecular flexibility index (Phi) is 6.73. The monoisotopic (exact) mass is 474 g/mol. The average Bonchev–Trinajstić information content (AvgIpc) is 3.45. The molecular weight excluding hydrogens is 459 g/mol. The number of hydrogen-bond donors (Lipinski definition) is 2. The molecule has 0 bridgehead atoms. The van der Waals surface area contributed by atoms with E-state index in [9.17, 15) is 14.4 Å². The summed E-state index contributed by atoms with van der Waals surface area (Å²) in [5.74, 6) is -1.38. The number of nitrogens with one attached hydrogen (secondary N) is 2. The summed E-state index contributed by atoms with van der Waals surface area (Å²) in [5, 5.41) is 6.43. The second kappa shape index (κ2) is 8.92. The van der Waals surface area contributed by atoms with E-state index in [2.05, 4.69) is 10.6 Å². The molecule has 154 valence electrons. The standard InChI is InChI=1S/C19H17Cl3N2O4S/c1-8-9(2)29-18(24-17(26)10-3-4-10)16(8)19(27)28-7-15(25)23-14-6-12(21)11(20)5-13(14)22/h5-6,10H,3-4,7H2,1-2H3,(H,23,25)(H,24,26). The number of halogens is 3. The van der Waals surface area contributed by atoms with Crippen LogP contribution in [0.15, 0.2) is 12.1 Å². The molecule has 2 amide bonds. The Morgan fingerprint density at radius 1 is 1.07 bits per heavy atom. The number of anilines is 2. The lowest BCUT2D eigenvalue weighted by molar-refractivity contribution is -0.119. The molecule has 0 spiro atoms. The van der Waals surface area contributed by atoms with Crippen LogP contribution in [-0.2, 0) is 14.3 Å². The number of ether oxygens (including phenoxy) is 1. The predicted molar refractivity (Wildman–Crippen MR) is 116 cm³/mol. The Labute approximate surface area is 186 Å². The minimum atomic E-state index is -0.687. The zero-order chi connectivity index (χ0) is 21.3. The van der Waals surface area contributed by atoms with Crippen molar-refractivity contribution in [2.24, 2.45) is 5.92 Å². The summed E-state index contributed by atoms with van der Waals surface area (Å²) in [6, 6.07) is 2.81. The van der Waals surface area contributed by atoms with Gasteiger partial charge in [0.25, 0.3) is 5.91 Å². The highest BCUT2D eigenvalue weighted by atomic mass is 35.5. The van der Waals surface area contributed by atoms with Gasteiger partial charge in [0.1, 0.15) is 5.00 Å². The molecule has 2 aromatic rings. The molecule has 0 radical (unpaired) electrons. The SMILES string of the molecule is Cc1sc(NC(=O)C2CC2)c(C(=O)OCC(=O)Nc2cc(Cl)c(Cl)cc2Cl)c1C. The van der Waals surface area contributed by atoms with Crippen molar-refractivity contribution in [2.45, 2.75) is 26.7 Å². The van der Waals surface area contributed by atoms with Crippen molar-refractivity contribution in [1.82, 2.24) is 0 Å². The fourth-order valence-electron chi connectivity index (χ4n) is 2.53. The first-order valence-electron chi connectivity index (χ1n) is 8.69. The molecule has 1 saturated carbocycles. The van der Waals surface area contributed by atoms with Crippen molar-refractivity contribution in [3.63, 3.8) is 0 Å². The Bertz CT molecular complexity index is 1000. The summed E-state index contributed by atoms with van der Waals surface area (Å²) in [4.78, 5) is 37.7. The Morgan fingerprint density at radius 2 is 1.72 bits per heavy atom. The van der Waals surface area contributed by atoms with Crippen molar-refractivity contribution in [1.29, 1.82) is 0 Å². The van der Waals surface area contributed by atoms with E-state index in [0.29, 0.717) is 10.6 Å². The quantitative estimate of drug-likeness (QED) is 0.428. The second-order valence-electron chi connectivity index (χ2n) is 6.62. The lowest BCUT2D eigenvalue weighted by Gasteiger charge is -2.10. The molecule has 1 aliphatic rings. The van der Waals surface area contributed by atoms with Crippen LogP contribution in [0.25, 0.3) is 0 Å². The summed E-state index contributed by atoms with van der Waals surface area (Å²) < 4.78 is 5.15. The molecule has 0 saturated heterocycles. The molecule has 1 heterocycles. The molecule has 2 N–H and O–H groups in total. The number of aryl methyl sites for hydroxylation is 1. The summed E-state index contributed by atoms with van der Waals surface area (Å²) in [6.45, 7) is 3.09. The van der Waals surface area contributed by atoms with Crippen molar-refractivity contribution < 1.29 is 19.1 Å². The Morgan fingerprint density at radius 3 is 2.38 bits per heavy atom. The molecule has 6 nitrogen and oxygen atoms in total. The Balaban J connectivity index is 1.65. The lowest BCUT2D eigenvalue weighted by Crippen LogP contribution is -2.22. The highest BCUT2D eigenvalue weighted by Crippen LogP contribution is 2.36. The molecular formula is C19H17Cl3N2O4S. The fourth-order valence-corrected chi connectivity index (χ4v) is 4.17. The van der Waals surface area contributed by atoms with E-state index in [4.69, 9.17) is 39.5 Å². The van der Waals surface area contributed by atoms with E-state index in [1.54, 1.807) is 6.92 Å². The number of thiophene rings is 1. The van der Waals surface area contributed by atoms with Gasteiger partial charge in [0.15, 0.2) is 6.61 Å². The van der Waals surface area contributed by atoms with Crippen LogP contribution in [0.4, 0.5) is 10.7 Å². The summed E-state index contributed by atoms with van der Waals surface area (Å²) in [7, 11) is 0. The van der Waals surface area contributed by atoms with E-state index >= 15 is 0 Å². The summed E-state index contributed by atoms with van der Waals surface area (Å²) in [5.41, 5.74) is 1.22. The highest BCUT2D eigenvalue weighted by molar-refractivity contribution is 7.16. The molecule has 0 unspecified atom stereocenters. The fraction of sp³-hybridized carbons (Fsp3) is 0.316. The van der Waals surface area contributed by atoms with Crippen LogP contribution in [0.1, 0.15) is 33.6 Å². The van der Waals surface area contributed by atoms with E-state index in [0.717, 1.165) is 17.7 Å². The molecule has 1 aliphatic carbocycles. The zero-order valence-corrected chi connectivity index (χ0v) is 18.6. The van der Waals surface area contributed by atoms with Gasteiger partial charge in [0, 0.05) is 10.8 Å². The first kappa shape index (κ1) is 21.9. The third-order valence-corrected chi connectivity index (χ3v) is 6.55. The van der Waals surface area contributed by atoms with Gasteiger partial charge in [-0.05, 0) is 44.4 Å². The van der Waals surface area contributed by atoms with Gasteiger partial charge in [0.05, 0.1) is 26.3 Å². The maximum Gasteiger partial charge on any atom is 0.341 e. The molecule has 29 heavy (non-hydrogen) atoms. The molecule has 0 aliphatic heterocycles. The van der Waals surface area contributed by atoms with Crippen molar-refractivity contribution in [2.75, 3.05) is 17.2 Å².